The normalized spacial score (nSPS) is 10.3. The lowest BCUT2D eigenvalue weighted by atomic mass is 10.0. The number of carbonyl (C=O) groups excluding carboxylic acids is 2. The summed E-state index contributed by atoms with van der Waals surface area (Å²) in [6.07, 6.45) is 0.156. The molecule has 0 radical (unpaired) electrons. The topological polar surface area (TPSA) is 34.1 Å². The Balaban J connectivity index is 2.00. The molecule has 0 saturated heterocycles. The van der Waals surface area contributed by atoms with Crippen LogP contribution in [0.2, 0.25) is 5.02 Å². The van der Waals surface area contributed by atoms with Gasteiger partial charge in [0.2, 0.25) is 0 Å². The highest BCUT2D eigenvalue weighted by atomic mass is 79.9. The summed E-state index contributed by atoms with van der Waals surface area (Å²) in [5, 5.41) is 0.570. The predicted molar refractivity (Wildman–Crippen MR) is 83.3 cm³/mol. The number of rotatable bonds is 5. The zero-order valence-corrected chi connectivity index (χ0v) is 12.9. The first-order valence-electron chi connectivity index (χ1n) is 6.10. The molecule has 0 unspecified atom stereocenters. The number of benzene rings is 2. The third-order valence-corrected chi connectivity index (χ3v) is 3.89. The van der Waals surface area contributed by atoms with E-state index in [1.807, 2.05) is 24.3 Å². The Morgan fingerprint density at radius 1 is 1.00 bits per heavy atom. The molecule has 0 aliphatic rings. The molecule has 0 fully saturated rings. The number of Topliss-reactive ketones (excluding diaryl/α,β-unsaturated/α-hetero) is 2. The molecule has 4 heteroatoms. The van der Waals surface area contributed by atoms with Gasteiger partial charge in [-0.15, -0.1) is 0 Å². The van der Waals surface area contributed by atoms with Crippen molar-refractivity contribution in [2.24, 2.45) is 0 Å². The highest BCUT2D eigenvalue weighted by Gasteiger charge is 2.13. The van der Waals surface area contributed by atoms with Crippen LogP contribution in [0.25, 0.3) is 0 Å². The standard InChI is InChI=1S/C16H12BrClO2/c17-15-4-2-1-3-12(15)9-14(19)10-16(20)11-5-7-13(18)8-6-11/h1-8H,9-10H2. The SMILES string of the molecule is O=C(CC(=O)c1ccc(Cl)cc1)Cc1ccccc1Br. The molecule has 20 heavy (non-hydrogen) atoms. The molecule has 0 atom stereocenters. The zero-order valence-electron chi connectivity index (χ0n) is 10.6. The summed E-state index contributed by atoms with van der Waals surface area (Å²) in [5.74, 6) is -0.282. The molecule has 2 nitrogen and oxygen atoms in total. The van der Waals surface area contributed by atoms with Crippen molar-refractivity contribution in [1.82, 2.24) is 0 Å². The Labute approximate surface area is 130 Å². The maximum Gasteiger partial charge on any atom is 0.170 e. The third-order valence-electron chi connectivity index (χ3n) is 2.87. The molecular formula is C16H12BrClO2. The molecule has 0 aromatic heterocycles. The molecule has 0 aliphatic carbocycles. The fourth-order valence-corrected chi connectivity index (χ4v) is 2.38. The Morgan fingerprint density at radius 3 is 2.30 bits per heavy atom. The number of hydrogen-bond acceptors (Lipinski definition) is 2. The molecule has 0 N–H and O–H groups in total. The second-order valence-electron chi connectivity index (χ2n) is 4.41. The van der Waals surface area contributed by atoms with Crippen LogP contribution in [0.15, 0.2) is 53.0 Å². The molecule has 102 valence electrons. The first-order chi connectivity index (χ1) is 9.56. The van der Waals surface area contributed by atoms with Gasteiger partial charge < -0.3 is 0 Å². The second-order valence-corrected chi connectivity index (χ2v) is 5.70. The highest BCUT2D eigenvalue weighted by molar-refractivity contribution is 9.10. The minimum Gasteiger partial charge on any atom is -0.299 e. The van der Waals surface area contributed by atoms with E-state index in [-0.39, 0.29) is 24.4 Å². The number of halogens is 2. The van der Waals surface area contributed by atoms with Gasteiger partial charge >= 0.3 is 0 Å². The summed E-state index contributed by atoms with van der Waals surface area (Å²) in [5.41, 5.74) is 1.40. The van der Waals surface area contributed by atoms with Crippen LogP contribution in [0.4, 0.5) is 0 Å². The van der Waals surface area contributed by atoms with Gasteiger partial charge in [-0.2, -0.15) is 0 Å². The maximum atomic E-state index is 12.0. The largest absolute Gasteiger partial charge is 0.299 e. The van der Waals surface area contributed by atoms with Gasteiger partial charge in [0.1, 0.15) is 5.78 Å². The van der Waals surface area contributed by atoms with Crippen LogP contribution in [0, 0.1) is 0 Å². The Hall–Kier alpha value is -1.45. The van der Waals surface area contributed by atoms with E-state index in [1.165, 1.54) is 0 Å². The van der Waals surface area contributed by atoms with Gasteiger partial charge in [-0.25, -0.2) is 0 Å². The summed E-state index contributed by atoms with van der Waals surface area (Å²) in [6, 6.07) is 14.1. The van der Waals surface area contributed by atoms with Crippen LogP contribution in [-0.4, -0.2) is 11.6 Å². The van der Waals surface area contributed by atoms with Crippen molar-refractivity contribution in [2.45, 2.75) is 12.8 Å². The van der Waals surface area contributed by atoms with Crippen molar-refractivity contribution in [1.29, 1.82) is 0 Å². The van der Waals surface area contributed by atoms with Gasteiger partial charge in [0.25, 0.3) is 0 Å². The van der Waals surface area contributed by atoms with Gasteiger partial charge in [-0.05, 0) is 35.9 Å². The van der Waals surface area contributed by atoms with Gasteiger partial charge in [-0.3, -0.25) is 9.59 Å². The monoisotopic (exact) mass is 350 g/mol. The Morgan fingerprint density at radius 2 is 1.65 bits per heavy atom. The zero-order chi connectivity index (χ0) is 14.5. The summed E-state index contributed by atoms with van der Waals surface area (Å²) < 4.78 is 0.882. The van der Waals surface area contributed by atoms with Gasteiger partial charge in [-0.1, -0.05) is 45.7 Å². The van der Waals surface area contributed by atoms with Crippen molar-refractivity contribution >= 4 is 39.1 Å². The van der Waals surface area contributed by atoms with E-state index in [4.69, 9.17) is 11.6 Å². The first kappa shape index (κ1) is 14.9. The van der Waals surface area contributed by atoms with Crippen LogP contribution in [0.5, 0.6) is 0 Å². The van der Waals surface area contributed by atoms with Crippen molar-refractivity contribution in [3.63, 3.8) is 0 Å². The lowest BCUT2D eigenvalue weighted by Crippen LogP contribution is -2.10. The van der Waals surface area contributed by atoms with Gasteiger partial charge in [0.05, 0.1) is 6.42 Å². The molecule has 2 rings (SSSR count). The molecule has 0 bridgehead atoms. The van der Waals surface area contributed by atoms with Gasteiger partial charge in [0, 0.05) is 21.5 Å². The second kappa shape index (κ2) is 6.82. The van der Waals surface area contributed by atoms with Crippen molar-refractivity contribution < 1.29 is 9.59 Å². The highest BCUT2D eigenvalue weighted by Crippen LogP contribution is 2.18. The van der Waals surface area contributed by atoms with Crippen LogP contribution in [0.1, 0.15) is 22.3 Å². The van der Waals surface area contributed by atoms with Crippen LogP contribution in [-0.2, 0) is 11.2 Å². The molecule has 0 aliphatic heterocycles. The molecule has 0 saturated carbocycles. The van der Waals surface area contributed by atoms with Crippen molar-refractivity contribution in [3.8, 4) is 0 Å². The molecule has 2 aromatic rings. The van der Waals surface area contributed by atoms with Crippen LogP contribution >= 0.6 is 27.5 Å². The fourth-order valence-electron chi connectivity index (χ4n) is 1.83. The summed E-state index contributed by atoms with van der Waals surface area (Å²) >= 11 is 9.16. The van der Waals surface area contributed by atoms with E-state index in [1.54, 1.807) is 24.3 Å². The lowest BCUT2D eigenvalue weighted by molar-refractivity contribution is -0.117. The van der Waals surface area contributed by atoms with E-state index >= 15 is 0 Å². The van der Waals surface area contributed by atoms with Gasteiger partial charge in [0.15, 0.2) is 5.78 Å². The maximum absolute atomic E-state index is 12.0. The Bertz CT molecular complexity index is 635. The third kappa shape index (κ3) is 4.02. The molecule has 0 amide bonds. The quantitative estimate of drug-likeness (QED) is 0.587. The fraction of sp³-hybridized carbons (Fsp3) is 0.125. The minimum atomic E-state index is -0.182. The molecular weight excluding hydrogens is 340 g/mol. The summed E-state index contributed by atoms with van der Waals surface area (Å²) in [7, 11) is 0. The predicted octanol–water partition coefficient (Wildman–Crippen LogP) is 4.49. The average Bonchev–Trinajstić information content (AvgIpc) is 2.42. The molecule has 0 spiro atoms. The minimum absolute atomic E-state index is 0.0943. The van der Waals surface area contributed by atoms with Crippen molar-refractivity contribution in [2.75, 3.05) is 0 Å². The van der Waals surface area contributed by atoms with E-state index in [2.05, 4.69) is 15.9 Å². The van der Waals surface area contributed by atoms with Crippen LogP contribution < -0.4 is 0 Å². The summed E-state index contributed by atoms with van der Waals surface area (Å²) in [4.78, 5) is 23.9. The average molecular weight is 352 g/mol. The Kier molecular flexibility index (Phi) is 5.10. The summed E-state index contributed by atoms with van der Waals surface area (Å²) in [6.45, 7) is 0. The van der Waals surface area contributed by atoms with E-state index in [0.717, 1.165) is 10.0 Å². The first-order valence-corrected chi connectivity index (χ1v) is 7.27. The number of ketones is 2. The smallest absolute Gasteiger partial charge is 0.170 e. The van der Waals surface area contributed by atoms with E-state index in [0.29, 0.717) is 10.6 Å². The lowest BCUT2D eigenvalue weighted by Gasteiger charge is -2.04. The van der Waals surface area contributed by atoms with E-state index < -0.39 is 0 Å². The molecule has 2 aromatic carbocycles. The molecule has 0 heterocycles. The van der Waals surface area contributed by atoms with Crippen LogP contribution in [0.3, 0.4) is 0 Å². The number of hydrogen-bond donors (Lipinski definition) is 0. The number of carbonyl (C=O) groups is 2. The van der Waals surface area contributed by atoms with Crippen molar-refractivity contribution in [3.05, 3.63) is 69.2 Å². The van der Waals surface area contributed by atoms with E-state index in [9.17, 15) is 9.59 Å².